The van der Waals surface area contributed by atoms with Gasteiger partial charge in [0.15, 0.2) is 0 Å². The molecule has 2 rings (SSSR count). The smallest absolute Gasteiger partial charge is 0.146 e. The van der Waals surface area contributed by atoms with Gasteiger partial charge in [0.25, 0.3) is 0 Å². The van der Waals surface area contributed by atoms with Crippen LogP contribution in [0.15, 0.2) is 42.5 Å². The molecule has 4 nitrogen and oxygen atoms in total. The Kier molecular flexibility index (Phi) is 5.88. The van der Waals surface area contributed by atoms with Crippen molar-refractivity contribution in [2.45, 2.75) is 19.8 Å². The van der Waals surface area contributed by atoms with Crippen molar-refractivity contribution in [2.24, 2.45) is 0 Å². The minimum absolute atomic E-state index is 0.517. The third-order valence-corrected chi connectivity index (χ3v) is 4.00. The predicted molar refractivity (Wildman–Crippen MR) is 96.0 cm³/mol. The molecule has 0 saturated carbocycles. The summed E-state index contributed by atoms with van der Waals surface area (Å²) in [4.78, 5) is 2.00. The first kappa shape index (κ1) is 17.2. The zero-order chi connectivity index (χ0) is 16.8. The molecule has 0 aliphatic rings. The van der Waals surface area contributed by atoms with Crippen LogP contribution >= 0.6 is 0 Å². The lowest BCUT2D eigenvalue weighted by Crippen LogP contribution is -2.22. The van der Waals surface area contributed by atoms with E-state index in [1.807, 2.05) is 37.2 Å². The molecule has 1 N–H and O–H groups in total. The molecule has 4 heteroatoms. The summed E-state index contributed by atoms with van der Waals surface area (Å²) in [6.45, 7) is 2.66. The number of anilines is 2. The van der Waals surface area contributed by atoms with E-state index in [2.05, 4.69) is 31.2 Å². The number of aryl methyl sites for hydroxylation is 1. The summed E-state index contributed by atoms with van der Waals surface area (Å²) in [5.41, 5.74) is 4.26. The first-order chi connectivity index (χ1) is 11.0. The second kappa shape index (κ2) is 7.88. The predicted octanol–water partition coefficient (Wildman–Crippen LogP) is 3.76. The van der Waals surface area contributed by atoms with E-state index in [4.69, 9.17) is 4.74 Å². The second-order valence-electron chi connectivity index (χ2n) is 5.79. The average molecular weight is 314 g/mol. The monoisotopic (exact) mass is 314 g/mol. The molecule has 2 aromatic rings. The zero-order valence-corrected chi connectivity index (χ0v) is 14.4. The Bertz CT molecular complexity index is 624. The summed E-state index contributed by atoms with van der Waals surface area (Å²) in [6.07, 6.45) is 1.82. The fourth-order valence-corrected chi connectivity index (χ4v) is 2.45. The van der Waals surface area contributed by atoms with Crippen molar-refractivity contribution in [3.8, 4) is 5.75 Å². The fraction of sp³-hybridized carbons (Fsp3) is 0.368. The van der Waals surface area contributed by atoms with Gasteiger partial charge in [-0.2, -0.15) is 0 Å². The van der Waals surface area contributed by atoms with Gasteiger partial charge in [-0.15, -0.1) is 0 Å². The third kappa shape index (κ3) is 4.39. The van der Waals surface area contributed by atoms with E-state index in [1.54, 1.807) is 7.11 Å². The molecule has 0 unspecified atom stereocenters. The number of rotatable bonds is 7. The molecule has 0 aliphatic carbocycles. The van der Waals surface area contributed by atoms with E-state index in [1.165, 1.54) is 16.2 Å². The molecular weight excluding hydrogens is 288 g/mol. The Labute approximate surface area is 138 Å². The molecule has 0 aliphatic heterocycles. The van der Waals surface area contributed by atoms with Crippen LogP contribution in [-0.4, -0.2) is 33.0 Å². The SMILES string of the molecule is CCc1ccc(CCN(O)c2ccc(N(C)C)cc2OC)cc1. The molecule has 0 heterocycles. The van der Waals surface area contributed by atoms with Crippen LogP contribution in [0.4, 0.5) is 11.4 Å². The lowest BCUT2D eigenvalue weighted by Gasteiger charge is -2.22. The minimum atomic E-state index is 0.517. The van der Waals surface area contributed by atoms with Crippen molar-refractivity contribution in [1.29, 1.82) is 0 Å². The lowest BCUT2D eigenvalue weighted by molar-refractivity contribution is 0.251. The summed E-state index contributed by atoms with van der Waals surface area (Å²) in [5.74, 6) is 0.667. The molecule has 0 spiro atoms. The zero-order valence-electron chi connectivity index (χ0n) is 14.4. The fourth-order valence-electron chi connectivity index (χ4n) is 2.45. The van der Waals surface area contributed by atoms with Crippen LogP contribution in [0.1, 0.15) is 18.1 Å². The Hall–Kier alpha value is -2.20. The summed E-state index contributed by atoms with van der Waals surface area (Å²) in [6, 6.07) is 14.3. The number of benzene rings is 2. The molecule has 0 atom stereocenters. The van der Waals surface area contributed by atoms with Gasteiger partial charge in [-0.1, -0.05) is 31.2 Å². The van der Waals surface area contributed by atoms with Crippen molar-refractivity contribution in [3.05, 3.63) is 53.6 Å². The van der Waals surface area contributed by atoms with Crippen molar-refractivity contribution in [1.82, 2.24) is 0 Å². The maximum absolute atomic E-state index is 10.4. The van der Waals surface area contributed by atoms with Gasteiger partial charge in [-0.3, -0.25) is 10.3 Å². The molecule has 0 radical (unpaired) electrons. The Morgan fingerprint density at radius 1 is 1.00 bits per heavy atom. The Balaban J connectivity index is 2.05. The third-order valence-electron chi connectivity index (χ3n) is 4.00. The second-order valence-corrected chi connectivity index (χ2v) is 5.79. The standard InChI is InChI=1S/C19H26N2O2/c1-5-15-6-8-16(9-7-15)12-13-21(22)18-11-10-17(20(2)3)14-19(18)23-4/h6-11,14,22H,5,12-13H2,1-4H3. The highest BCUT2D eigenvalue weighted by Crippen LogP contribution is 2.31. The highest BCUT2D eigenvalue weighted by molar-refractivity contribution is 5.64. The van der Waals surface area contributed by atoms with Crippen LogP contribution in [0.5, 0.6) is 5.75 Å². The number of methoxy groups -OCH3 is 1. The number of hydroxylamine groups is 1. The molecule has 0 bridgehead atoms. The van der Waals surface area contributed by atoms with Crippen molar-refractivity contribution < 1.29 is 9.94 Å². The topological polar surface area (TPSA) is 35.9 Å². The van der Waals surface area contributed by atoms with Crippen LogP contribution in [0.2, 0.25) is 0 Å². The van der Waals surface area contributed by atoms with Crippen LogP contribution in [0, 0.1) is 0 Å². The molecule has 0 amide bonds. The van der Waals surface area contributed by atoms with Gasteiger partial charge in [-0.25, -0.2) is 0 Å². The van der Waals surface area contributed by atoms with Crippen LogP contribution < -0.4 is 14.7 Å². The quantitative estimate of drug-likeness (QED) is 0.789. The van der Waals surface area contributed by atoms with Gasteiger partial charge >= 0.3 is 0 Å². The Morgan fingerprint density at radius 2 is 1.65 bits per heavy atom. The average Bonchev–Trinajstić information content (AvgIpc) is 2.59. The van der Waals surface area contributed by atoms with Gasteiger partial charge < -0.3 is 9.64 Å². The summed E-state index contributed by atoms with van der Waals surface area (Å²) >= 11 is 0. The van der Waals surface area contributed by atoms with Crippen LogP contribution in [0.25, 0.3) is 0 Å². The number of hydrogen-bond acceptors (Lipinski definition) is 4. The number of hydrogen-bond donors (Lipinski definition) is 1. The van der Waals surface area contributed by atoms with Gasteiger partial charge in [0.2, 0.25) is 0 Å². The minimum Gasteiger partial charge on any atom is -0.494 e. The largest absolute Gasteiger partial charge is 0.494 e. The first-order valence-corrected chi connectivity index (χ1v) is 7.94. The van der Waals surface area contributed by atoms with E-state index in [0.29, 0.717) is 18.0 Å². The van der Waals surface area contributed by atoms with Crippen molar-refractivity contribution in [2.75, 3.05) is 37.7 Å². The molecular formula is C19H26N2O2. The van der Waals surface area contributed by atoms with Gasteiger partial charge in [0.1, 0.15) is 11.4 Å². The van der Waals surface area contributed by atoms with Gasteiger partial charge in [0.05, 0.1) is 7.11 Å². The highest BCUT2D eigenvalue weighted by Gasteiger charge is 2.11. The normalized spacial score (nSPS) is 10.5. The van der Waals surface area contributed by atoms with Crippen molar-refractivity contribution in [3.63, 3.8) is 0 Å². The van der Waals surface area contributed by atoms with E-state index in [-0.39, 0.29) is 0 Å². The summed E-state index contributed by atoms with van der Waals surface area (Å²) in [7, 11) is 5.58. The van der Waals surface area contributed by atoms with E-state index in [9.17, 15) is 5.21 Å². The number of ether oxygens (including phenoxy) is 1. The van der Waals surface area contributed by atoms with Gasteiger partial charge in [0, 0.05) is 32.4 Å². The van der Waals surface area contributed by atoms with E-state index >= 15 is 0 Å². The van der Waals surface area contributed by atoms with Crippen LogP contribution in [-0.2, 0) is 12.8 Å². The molecule has 0 saturated heterocycles. The maximum atomic E-state index is 10.4. The molecule has 2 aromatic carbocycles. The van der Waals surface area contributed by atoms with E-state index in [0.717, 1.165) is 18.5 Å². The van der Waals surface area contributed by atoms with Crippen molar-refractivity contribution >= 4 is 11.4 Å². The Morgan fingerprint density at radius 3 is 2.22 bits per heavy atom. The van der Waals surface area contributed by atoms with E-state index < -0.39 is 0 Å². The first-order valence-electron chi connectivity index (χ1n) is 7.94. The van der Waals surface area contributed by atoms with Crippen LogP contribution in [0.3, 0.4) is 0 Å². The molecule has 23 heavy (non-hydrogen) atoms. The highest BCUT2D eigenvalue weighted by atomic mass is 16.5. The molecule has 124 valence electrons. The molecule has 0 aromatic heterocycles. The molecule has 0 fully saturated rings. The summed E-state index contributed by atoms with van der Waals surface area (Å²) in [5, 5.41) is 11.6. The summed E-state index contributed by atoms with van der Waals surface area (Å²) < 4.78 is 5.41. The number of nitrogens with zero attached hydrogens (tertiary/aromatic N) is 2. The van der Waals surface area contributed by atoms with Gasteiger partial charge in [-0.05, 0) is 36.1 Å². The maximum Gasteiger partial charge on any atom is 0.146 e. The lowest BCUT2D eigenvalue weighted by atomic mass is 10.1.